The summed E-state index contributed by atoms with van der Waals surface area (Å²) in [5, 5.41) is 3.51. The van der Waals surface area contributed by atoms with Crippen LogP contribution in [0.4, 0.5) is 5.69 Å². The average Bonchev–Trinajstić information content (AvgIpc) is 2.68. The Kier molecular flexibility index (Phi) is 4.83. The molecule has 0 saturated heterocycles. The molecule has 0 spiro atoms. The average molecular weight is 369 g/mol. The number of hydrogen-bond acceptors (Lipinski definition) is 3. The molecule has 0 fully saturated rings. The lowest BCUT2D eigenvalue weighted by molar-refractivity contribution is 0.881. The summed E-state index contributed by atoms with van der Waals surface area (Å²) in [6.45, 7) is 6.44. The number of benzene rings is 1. The van der Waals surface area contributed by atoms with E-state index in [9.17, 15) is 0 Å². The highest BCUT2D eigenvalue weighted by atomic mass is 79.9. The molecule has 1 unspecified atom stereocenters. The van der Waals surface area contributed by atoms with Crippen molar-refractivity contribution in [2.75, 3.05) is 5.32 Å². The zero-order valence-corrected chi connectivity index (χ0v) is 14.9. The molecule has 0 saturated carbocycles. The first-order chi connectivity index (χ1) is 9.38. The maximum absolute atomic E-state index is 5.79. The van der Waals surface area contributed by atoms with Gasteiger partial charge in [0.15, 0.2) is 0 Å². The molecule has 2 rings (SSSR count). The van der Waals surface area contributed by atoms with Gasteiger partial charge >= 0.3 is 0 Å². The summed E-state index contributed by atoms with van der Waals surface area (Å²) in [6.07, 6.45) is 0. The molecule has 0 radical (unpaired) electrons. The first-order valence-corrected chi connectivity index (χ1v) is 8.33. The summed E-state index contributed by atoms with van der Waals surface area (Å²) >= 11 is 10.4. The SMILES string of the molecule is Cc1cc(C(C)Nc2cc(Br)ccc2C(N)=S)c(C)s1. The lowest BCUT2D eigenvalue weighted by Gasteiger charge is -2.18. The summed E-state index contributed by atoms with van der Waals surface area (Å²) in [4.78, 5) is 3.08. The number of anilines is 1. The van der Waals surface area contributed by atoms with Crippen LogP contribution < -0.4 is 11.1 Å². The normalized spacial score (nSPS) is 12.2. The van der Waals surface area contributed by atoms with Crippen molar-refractivity contribution in [3.8, 4) is 0 Å². The second kappa shape index (κ2) is 6.24. The molecule has 0 amide bonds. The molecule has 1 heterocycles. The van der Waals surface area contributed by atoms with Crippen LogP contribution in [-0.2, 0) is 0 Å². The number of halogens is 1. The van der Waals surface area contributed by atoms with E-state index in [1.54, 1.807) is 0 Å². The van der Waals surface area contributed by atoms with Crippen LogP contribution >= 0.6 is 39.5 Å². The van der Waals surface area contributed by atoms with Gasteiger partial charge in [-0.05, 0) is 50.6 Å². The largest absolute Gasteiger partial charge is 0.389 e. The van der Waals surface area contributed by atoms with E-state index in [1.165, 1.54) is 15.3 Å². The highest BCUT2D eigenvalue weighted by Gasteiger charge is 2.14. The summed E-state index contributed by atoms with van der Waals surface area (Å²) < 4.78 is 1.01. The van der Waals surface area contributed by atoms with E-state index in [0.717, 1.165) is 15.7 Å². The van der Waals surface area contributed by atoms with Gasteiger partial charge in [-0.1, -0.05) is 28.1 Å². The Morgan fingerprint density at radius 3 is 2.60 bits per heavy atom. The summed E-state index contributed by atoms with van der Waals surface area (Å²) in [7, 11) is 0. The van der Waals surface area contributed by atoms with Crippen molar-refractivity contribution in [1.82, 2.24) is 0 Å². The van der Waals surface area contributed by atoms with Crippen molar-refractivity contribution >= 4 is 50.2 Å². The maximum atomic E-state index is 5.79. The fourth-order valence-corrected chi connectivity index (χ4v) is 3.80. The highest BCUT2D eigenvalue weighted by Crippen LogP contribution is 2.30. The number of nitrogens with one attached hydrogen (secondary N) is 1. The molecule has 0 aliphatic carbocycles. The lowest BCUT2D eigenvalue weighted by atomic mass is 10.1. The van der Waals surface area contributed by atoms with E-state index in [2.05, 4.69) is 48.1 Å². The molecule has 0 bridgehead atoms. The van der Waals surface area contributed by atoms with Crippen LogP contribution in [0.15, 0.2) is 28.7 Å². The molecule has 5 heteroatoms. The summed E-state index contributed by atoms with van der Waals surface area (Å²) in [5.74, 6) is 0. The van der Waals surface area contributed by atoms with E-state index < -0.39 is 0 Å². The second-order valence-electron chi connectivity index (χ2n) is 4.79. The van der Waals surface area contributed by atoms with E-state index >= 15 is 0 Å². The molecule has 1 atom stereocenters. The monoisotopic (exact) mass is 368 g/mol. The van der Waals surface area contributed by atoms with E-state index in [-0.39, 0.29) is 6.04 Å². The Morgan fingerprint density at radius 1 is 1.35 bits per heavy atom. The second-order valence-corrected chi connectivity index (χ2v) is 7.60. The number of thiophene rings is 1. The fraction of sp³-hybridized carbons (Fsp3) is 0.267. The summed E-state index contributed by atoms with van der Waals surface area (Å²) in [5.41, 5.74) is 8.95. The number of aryl methyl sites for hydroxylation is 2. The zero-order chi connectivity index (χ0) is 14.9. The van der Waals surface area contributed by atoms with Gasteiger partial charge in [-0.15, -0.1) is 11.3 Å². The minimum Gasteiger partial charge on any atom is -0.389 e. The molecule has 0 aliphatic heterocycles. The van der Waals surface area contributed by atoms with Crippen molar-refractivity contribution in [3.63, 3.8) is 0 Å². The third-order valence-electron chi connectivity index (χ3n) is 3.16. The first-order valence-electron chi connectivity index (χ1n) is 6.31. The van der Waals surface area contributed by atoms with Gasteiger partial charge in [-0.3, -0.25) is 0 Å². The van der Waals surface area contributed by atoms with E-state index in [0.29, 0.717) is 4.99 Å². The standard InChI is InChI=1S/C15H17BrN2S2/c1-8-6-13(10(3)20-8)9(2)18-14-7-11(16)4-5-12(14)15(17)19/h4-7,9,18H,1-3H3,(H2,17,19). The third-order valence-corrected chi connectivity index (χ3v) is 4.86. The van der Waals surface area contributed by atoms with Gasteiger partial charge in [0.2, 0.25) is 0 Å². The van der Waals surface area contributed by atoms with Crippen LogP contribution in [0.2, 0.25) is 0 Å². The molecular formula is C15H17BrN2S2. The Labute approximate surface area is 137 Å². The van der Waals surface area contributed by atoms with Gasteiger partial charge < -0.3 is 11.1 Å². The van der Waals surface area contributed by atoms with Crippen molar-refractivity contribution < 1.29 is 0 Å². The summed E-state index contributed by atoms with van der Waals surface area (Å²) in [6, 6.07) is 8.34. The predicted octanol–water partition coefficient (Wildman–Crippen LogP) is 4.93. The Morgan fingerprint density at radius 2 is 2.05 bits per heavy atom. The molecule has 106 valence electrons. The van der Waals surface area contributed by atoms with Crippen LogP contribution in [0.3, 0.4) is 0 Å². The van der Waals surface area contributed by atoms with Gasteiger partial charge in [0.05, 0.1) is 0 Å². The molecular weight excluding hydrogens is 352 g/mol. The van der Waals surface area contributed by atoms with Gasteiger partial charge in [-0.2, -0.15) is 0 Å². The van der Waals surface area contributed by atoms with Crippen LogP contribution in [-0.4, -0.2) is 4.99 Å². The number of rotatable bonds is 4. The predicted molar refractivity (Wildman–Crippen MR) is 95.9 cm³/mol. The fourth-order valence-electron chi connectivity index (χ4n) is 2.24. The molecule has 1 aromatic heterocycles. The van der Waals surface area contributed by atoms with Crippen LogP contribution in [0.1, 0.15) is 33.8 Å². The topological polar surface area (TPSA) is 38.0 Å². The Hall–Kier alpha value is -0.910. The van der Waals surface area contributed by atoms with E-state index in [4.69, 9.17) is 18.0 Å². The van der Waals surface area contributed by atoms with E-state index in [1.807, 2.05) is 29.5 Å². The molecule has 1 aromatic carbocycles. The molecule has 20 heavy (non-hydrogen) atoms. The highest BCUT2D eigenvalue weighted by molar-refractivity contribution is 9.10. The van der Waals surface area contributed by atoms with Crippen LogP contribution in [0, 0.1) is 13.8 Å². The Balaban J connectivity index is 2.32. The van der Waals surface area contributed by atoms with Crippen molar-refractivity contribution in [3.05, 3.63) is 49.6 Å². The number of thiocarbonyl (C=S) groups is 1. The van der Waals surface area contributed by atoms with Crippen molar-refractivity contribution in [1.29, 1.82) is 0 Å². The molecule has 0 aliphatic rings. The molecule has 3 N–H and O–H groups in total. The van der Waals surface area contributed by atoms with Gasteiger partial charge in [-0.25, -0.2) is 0 Å². The zero-order valence-electron chi connectivity index (χ0n) is 11.7. The number of hydrogen-bond donors (Lipinski definition) is 2. The minimum absolute atomic E-state index is 0.211. The van der Waals surface area contributed by atoms with Gasteiger partial charge in [0.1, 0.15) is 4.99 Å². The molecule has 2 nitrogen and oxygen atoms in total. The third kappa shape index (κ3) is 3.40. The first kappa shape index (κ1) is 15.5. The lowest BCUT2D eigenvalue weighted by Crippen LogP contribution is -2.15. The van der Waals surface area contributed by atoms with Crippen molar-refractivity contribution in [2.45, 2.75) is 26.8 Å². The van der Waals surface area contributed by atoms with Crippen LogP contribution in [0.25, 0.3) is 0 Å². The molecule has 2 aromatic rings. The Bertz CT molecular complexity index is 649. The minimum atomic E-state index is 0.211. The number of nitrogens with two attached hydrogens (primary N) is 1. The van der Waals surface area contributed by atoms with Crippen molar-refractivity contribution in [2.24, 2.45) is 5.73 Å². The van der Waals surface area contributed by atoms with Gasteiger partial charge in [0, 0.05) is 31.5 Å². The van der Waals surface area contributed by atoms with Crippen LogP contribution in [0.5, 0.6) is 0 Å². The van der Waals surface area contributed by atoms with Gasteiger partial charge in [0.25, 0.3) is 0 Å². The maximum Gasteiger partial charge on any atom is 0.106 e. The smallest absolute Gasteiger partial charge is 0.106 e. The quantitative estimate of drug-likeness (QED) is 0.750.